The van der Waals surface area contributed by atoms with Gasteiger partial charge in [-0.05, 0) is 31.9 Å². The molecule has 0 bridgehead atoms. The van der Waals surface area contributed by atoms with Crippen LogP contribution in [0, 0.1) is 0 Å². The number of benzene rings is 1. The molecule has 2 aliphatic heterocycles. The summed E-state index contributed by atoms with van der Waals surface area (Å²) >= 11 is 0. The number of hydrogen-bond donors (Lipinski definition) is 1. The van der Waals surface area contributed by atoms with Gasteiger partial charge >= 0.3 is 0 Å². The van der Waals surface area contributed by atoms with E-state index in [9.17, 15) is 18.0 Å². The van der Waals surface area contributed by atoms with Gasteiger partial charge in [0.1, 0.15) is 0 Å². The van der Waals surface area contributed by atoms with Crippen LogP contribution in [0.1, 0.15) is 37.0 Å². The smallest absolute Gasteiger partial charge is 0.278 e. The molecule has 0 aromatic heterocycles. The fraction of sp³-hybridized carbons (Fsp3) is 0.619. The topological polar surface area (TPSA) is 79.2 Å². The highest BCUT2D eigenvalue weighted by Crippen LogP contribution is 2.21. The number of rotatable bonds is 6. The Morgan fingerprint density at radius 3 is 2.41 bits per heavy atom. The normalized spacial score (nSPS) is 23.0. The van der Waals surface area contributed by atoms with Crippen molar-refractivity contribution in [2.45, 2.75) is 38.8 Å². The molecule has 2 amide bonds. The molecule has 0 aliphatic carbocycles. The molecule has 2 heterocycles. The summed E-state index contributed by atoms with van der Waals surface area (Å²) in [5.41, 5.74) is 0.692. The molecule has 2 fully saturated rings. The van der Waals surface area contributed by atoms with Crippen LogP contribution in [0.5, 0.6) is 0 Å². The molecule has 1 N–H and O–H groups in total. The molecule has 7 nitrogen and oxygen atoms in total. The predicted molar refractivity (Wildman–Crippen MR) is 112 cm³/mol. The first kappa shape index (κ1) is 21.8. The van der Waals surface area contributed by atoms with E-state index in [-0.39, 0.29) is 35.4 Å². The van der Waals surface area contributed by atoms with E-state index in [1.807, 2.05) is 54.0 Å². The number of piperazine rings is 1. The number of carbonyl (C=O) groups excluding carboxylic acids is 2. The van der Waals surface area contributed by atoms with Crippen LogP contribution in [0.2, 0.25) is 0 Å². The fourth-order valence-corrected chi connectivity index (χ4v) is 5.98. The highest BCUT2D eigenvalue weighted by Gasteiger charge is 2.38. The van der Waals surface area contributed by atoms with Gasteiger partial charge in [0.15, 0.2) is 16.4 Å². The van der Waals surface area contributed by atoms with Gasteiger partial charge in [-0.25, -0.2) is 8.42 Å². The fourth-order valence-electron chi connectivity index (χ4n) is 4.27. The lowest BCUT2D eigenvalue weighted by Gasteiger charge is -2.36. The van der Waals surface area contributed by atoms with Crippen LogP contribution in [-0.4, -0.2) is 86.3 Å². The minimum atomic E-state index is -3.04. The third-order valence-corrected chi connectivity index (χ3v) is 7.89. The van der Waals surface area contributed by atoms with Gasteiger partial charge in [-0.1, -0.05) is 25.1 Å². The zero-order valence-corrected chi connectivity index (χ0v) is 18.2. The molecule has 0 spiro atoms. The number of sulfone groups is 1. The summed E-state index contributed by atoms with van der Waals surface area (Å²) in [5, 5.41) is 0. The maximum Gasteiger partial charge on any atom is 0.278 e. The summed E-state index contributed by atoms with van der Waals surface area (Å²) < 4.78 is 23.8. The van der Waals surface area contributed by atoms with Crippen LogP contribution in [0.4, 0.5) is 0 Å². The summed E-state index contributed by atoms with van der Waals surface area (Å²) in [4.78, 5) is 30.5. The Morgan fingerprint density at radius 1 is 1.21 bits per heavy atom. The second kappa shape index (κ2) is 9.26. The quantitative estimate of drug-likeness (QED) is 0.691. The predicted octanol–water partition coefficient (Wildman–Crippen LogP) is -0.158. The number of nitrogens with one attached hydrogen (secondary N) is 1. The van der Waals surface area contributed by atoms with Gasteiger partial charge in [0, 0.05) is 17.6 Å². The Bertz CT molecular complexity index is 820. The lowest BCUT2D eigenvalue weighted by molar-refractivity contribution is -0.896. The van der Waals surface area contributed by atoms with Gasteiger partial charge in [0.2, 0.25) is 0 Å². The van der Waals surface area contributed by atoms with E-state index in [4.69, 9.17) is 0 Å². The first-order chi connectivity index (χ1) is 13.8. The molecule has 0 radical (unpaired) electrons. The van der Waals surface area contributed by atoms with Gasteiger partial charge in [0.25, 0.3) is 11.8 Å². The van der Waals surface area contributed by atoms with Crippen molar-refractivity contribution in [3.05, 3.63) is 35.9 Å². The van der Waals surface area contributed by atoms with E-state index in [2.05, 4.69) is 0 Å². The van der Waals surface area contributed by atoms with Gasteiger partial charge in [-0.3, -0.25) is 9.59 Å². The molecule has 0 saturated carbocycles. The molecule has 2 saturated heterocycles. The van der Waals surface area contributed by atoms with E-state index in [0.717, 1.165) is 24.4 Å². The zero-order valence-electron chi connectivity index (χ0n) is 17.3. The number of quaternary nitrogens is 1. The van der Waals surface area contributed by atoms with E-state index in [0.29, 0.717) is 31.6 Å². The Labute approximate surface area is 173 Å². The van der Waals surface area contributed by atoms with Gasteiger partial charge < -0.3 is 14.7 Å². The molecule has 0 unspecified atom stereocenters. The standard InChI is InChI=1S/C21H31N3O4S/c1-3-17(2)24(19-9-14-29(27,28)16-19)20(25)15-22-10-12-23(13-11-22)21(26)18-7-5-4-6-8-18/h4-8,17,19H,3,9-16H2,1-2H3/p+1/t17-,19-/m0/s1. The Kier molecular flexibility index (Phi) is 6.95. The lowest BCUT2D eigenvalue weighted by atomic mass is 10.1. The van der Waals surface area contributed by atoms with E-state index in [1.165, 1.54) is 0 Å². The molecule has 29 heavy (non-hydrogen) atoms. The monoisotopic (exact) mass is 422 g/mol. The summed E-state index contributed by atoms with van der Waals surface area (Å²) in [7, 11) is -3.04. The summed E-state index contributed by atoms with van der Waals surface area (Å²) in [6, 6.07) is 9.09. The van der Waals surface area contributed by atoms with Crippen molar-refractivity contribution in [3.63, 3.8) is 0 Å². The summed E-state index contributed by atoms with van der Waals surface area (Å²) in [6.45, 7) is 7.07. The molecule has 1 aromatic rings. The molecule has 160 valence electrons. The molecule has 1 aromatic carbocycles. The minimum Gasteiger partial charge on any atom is -0.331 e. The third-order valence-electron chi connectivity index (χ3n) is 6.14. The number of amides is 2. The van der Waals surface area contributed by atoms with Crippen molar-refractivity contribution in [2.24, 2.45) is 0 Å². The summed E-state index contributed by atoms with van der Waals surface area (Å²) in [5.74, 6) is 0.315. The molecular weight excluding hydrogens is 390 g/mol. The van der Waals surface area contributed by atoms with Crippen molar-refractivity contribution in [3.8, 4) is 0 Å². The van der Waals surface area contributed by atoms with Crippen molar-refractivity contribution >= 4 is 21.7 Å². The van der Waals surface area contributed by atoms with E-state index in [1.54, 1.807) is 0 Å². The maximum atomic E-state index is 13.1. The van der Waals surface area contributed by atoms with Gasteiger partial charge in [0.05, 0.1) is 37.7 Å². The molecule has 3 rings (SSSR count). The van der Waals surface area contributed by atoms with Crippen molar-refractivity contribution in [1.29, 1.82) is 0 Å². The lowest BCUT2D eigenvalue weighted by Crippen LogP contribution is -3.16. The Morgan fingerprint density at radius 2 is 1.86 bits per heavy atom. The molecule has 8 heteroatoms. The Balaban J connectivity index is 1.57. The van der Waals surface area contributed by atoms with Gasteiger partial charge in [-0.15, -0.1) is 0 Å². The van der Waals surface area contributed by atoms with Crippen LogP contribution >= 0.6 is 0 Å². The zero-order chi connectivity index (χ0) is 21.0. The second-order valence-electron chi connectivity index (χ2n) is 8.20. The highest BCUT2D eigenvalue weighted by atomic mass is 32.2. The first-order valence-corrected chi connectivity index (χ1v) is 12.3. The van der Waals surface area contributed by atoms with Crippen LogP contribution in [0.15, 0.2) is 30.3 Å². The van der Waals surface area contributed by atoms with Crippen molar-refractivity contribution < 1.29 is 22.9 Å². The second-order valence-corrected chi connectivity index (χ2v) is 10.4. The van der Waals surface area contributed by atoms with Crippen molar-refractivity contribution in [2.75, 3.05) is 44.2 Å². The highest BCUT2D eigenvalue weighted by molar-refractivity contribution is 7.91. The Hall–Kier alpha value is -1.93. The van der Waals surface area contributed by atoms with E-state index >= 15 is 0 Å². The minimum absolute atomic E-state index is 0.0271. The maximum absolute atomic E-state index is 13.1. The van der Waals surface area contributed by atoms with E-state index < -0.39 is 9.84 Å². The average Bonchev–Trinajstić information content (AvgIpc) is 3.07. The first-order valence-electron chi connectivity index (χ1n) is 10.5. The van der Waals surface area contributed by atoms with Crippen LogP contribution in [0.25, 0.3) is 0 Å². The SMILES string of the molecule is CC[C@H](C)N(C(=O)C[NH+]1CCN(C(=O)c2ccccc2)CC1)[C@H]1CCS(=O)(=O)C1. The van der Waals surface area contributed by atoms with Crippen LogP contribution in [0.3, 0.4) is 0 Å². The van der Waals surface area contributed by atoms with Crippen LogP contribution < -0.4 is 4.90 Å². The summed E-state index contributed by atoms with van der Waals surface area (Å²) in [6.07, 6.45) is 1.34. The van der Waals surface area contributed by atoms with Gasteiger partial charge in [-0.2, -0.15) is 0 Å². The van der Waals surface area contributed by atoms with Crippen molar-refractivity contribution in [1.82, 2.24) is 9.80 Å². The average molecular weight is 423 g/mol. The molecule has 2 aliphatic rings. The third kappa shape index (κ3) is 5.36. The largest absolute Gasteiger partial charge is 0.331 e. The number of carbonyl (C=O) groups is 2. The van der Waals surface area contributed by atoms with Crippen LogP contribution in [-0.2, 0) is 14.6 Å². The molecular formula is C21H32N3O4S+. The number of nitrogens with zero attached hydrogens (tertiary/aromatic N) is 2. The molecule has 2 atom stereocenters. The number of hydrogen-bond acceptors (Lipinski definition) is 4.